The molecule has 0 heterocycles. The van der Waals surface area contributed by atoms with Crippen LogP contribution in [0.1, 0.15) is 18.9 Å². The Kier molecular flexibility index (Phi) is 6.90. The van der Waals surface area contributed by atoms with Gasteiger partial charge in [-0.05, 0) is 31.5 Å². The van der Waals surface area contributed by atoms with Crippen LogP contribution in [0.25, 0.3) is 0 Å². The highest BCUT2D eigenvalue weighted by Gasteiger charge is 2.11. The first-order valence-electron chi connectivity index (χ1n) is 5.87. The van der Waals surface area contributed by atoms with Crippen molar-refractivity contribution in [1.29, 1.82) is 0 Å². The van der Waals surface area contributed by atoms with Gasteiger partial charge in [-0.15, -0.1) is 0 Å². The van der Waals surface area contributed by atoms with Gasteiger partial charge in [0.1, 0.15) is 0 Å². The molecule has 0 saturated heterocycles. The normalized spacial score (nSPS) is 12.7. The second kappa shape index (κ2) is 7.93. The van der Waals surface area contributed by atoms with Gasteiger partial charge in [-0.2, -0.15) is 0 Å². The lowest BCUT2D eigenvalue weighted by Crippen LogP contribution is -2.32. The lowest BCUT2D eigenvalue weighted by Gasteiger charge is -2.17. The van der Waals surface area contributed by atoms with Crippen LogP contribution in [0.2, 0.25) is 10.0 Å². The fraction of sp³-hybridized carbons (Fsp3) is 0.538. The Morgan fingerprint density at radius 1 is 1.35 bits per heavy atom. The molecule has 0 aromatic heterocycles. The third-order valence-electron chi connectivity index (χ3n) is 2.57. The average molecular weight is 276 g/mol. The number of ether oxygens (including phenoxy) is 1. The Labute approximate surface area is 113 Å². The van der Waals surface area contributed by atoms with Crippen LogP contribution < -0.4 is 5.32 Å². The van der Waals surface area contributed by atoms with Crippen molar-refractivity contribution in [2.24, 2.45) is 0 Å². The van der Waals surface area contributed by atoms with Crippen molar-refractivity contribution in [1.82, 2.24) is 5.32 Å². The fourth-order valence-electron chi connectivity index (χ4n) is 1.59. The van der Waals surface area contributed by atoms with Crippen molar-refractivity contribution in [2.45, 2.75) is 25.8 Å². The summed E-state index contributed by atoms with van der Waals surface area (Å²) in [5.41, 5.74) is 1.05. The lowest BCUT2D eigenvalue weighted by molar-refractivity contribution is 0.114. The maximum absolute atomic E-state index is 6.16. The second-order valence-electron chi connectivity index (χ2n) is 3.98. The minimum Gasteiger partial charge on any atom is -0.380 e. The number of hydrogen-bond donors (Lipinski definition) is 1. The number of rotatable bonds is 7. The van der Waals surface area contributed by atoms with E-state index in [-0.39, 0.29) is 6.04 Å². The molecular weight excluding hydrogens is 257 g/mol. The monoisotopic (exact) mass is 275 g/mol. The molecule has 1 aromatic carbocycles. The maximum Gasteiger partial charge on any atom is 0.0624 e. The summed E-state index contributed by atoms with van der Waals surface area (Å²) in [7, 11) is 1.93. The van der Waals surface area contributed by atoms with Crippen molar-refractivity contribution in [2.75, 3.05) is 20.3 Å². The summed E-state index contributed by atoms with van der Waals surface area (Å²) in [5, 5.41) is 4.48. The largest absolute Gasteiger partial charge is 0.380 e. The molecular formula is C13H19Cl2NO. The smallest absolute Gasteiger partial charge is 0.0624 e. The fourth-order valence-corrected chi connectivity index (χ4v) is 1.98. The molecule has 17 heavy (non-hydrogen) atoms. The van der Waals surface area contributed by atoms with E-state index in [1.807, 2.05) is 19.2 Å². The van der Waals surface area contributed by atoms with Crippen LogP contribution in [-0.2, 0) is 11.2 Å². The molecule has 1 aromatic rings. The number of nitrogens with one attached hydrogen (secondary N) is 1. The summed E-state index contributed by atoms with van der Waals surface area (Å²) in [6.45, 7) is 3.58. The van der Waals surface area contributed by atoms with Crippen molar-refractivity contribution >= 4 is 23.2 Å². The van der Waals surface area contributed by atoms with Crippen molar-refractivity contribution < 1.29 is 4.74 Å². The Balaban J connectivity index is 2.57. The van der Waals surface area contributed by atoms with E-state index in [4.69, 9.17) is 27.9 Å². The van der Waals surface area contributed by atoms with E-state index < -0.39 is 0 Å². The molecule has 1 unspecified atom stereocenters. The summed E-state index contributed by atoms with van der Waals surface area (Å²) in [6.07, 6.45) is 1.86. The standard InChI is InChI=1S/C13H19Cl2NO/c1-3-7-17-9-11(16-2)8-10-5-4-6-12(14)13(10)15/h4-6,11,16H,3,7-9H2,1-2H3. The Morgan fingerprint density at radius 3 is 2.76 bits per heavy atom. The predicted molar refractivity (Wildman–Crippen MR) is 74.1 cm³/mol. The van der Waals surface area contributed by atoms with E-state index >= 15 is 0 Å². The van der Waals surface area contributed by atoms with Crippen LogP contribution in [0.3, 0.4) is 0 Å². The molecule has 96 valence electrons. The van der Waals surface area contributed by atoms with Gasteiger partial charge in [-0.25, -0.2) is 0 Å². The molecule has 2 nitrogen and oxygen atoms in total. The SMILES string of the molecule is CCCOCC(Cc1cccc(Cl)c1Cl)NC. The van der Waals surface area contributed by atoms with Gasteiger partial charge < -0.3 is 10.1 Å². The highest BCUT2D eigenvalue weighted by Crippen LogP contribution is 2.26. The van der Waals surface area contributed by atoms with E-state index in [0.717, 1.165) is 25.0 Å². The first kappa shape index (κ1) is 14.8. The van der Waals surface area contributed by atoms with Crippen LogP contribution in [-0.4, -0.2) is 26.3 Å². The van der Waals surface area contributed by atoms with E-state index in [1.165, 1.54) is 0 Å². The number of benzene rings is 1. The van der Waals surface area contributed by atoms with Crippen LogP contribution in [0.5, 0.6) is 0 Å². The van der Waals surface area contributed by atoms with E-state index in [0.29, 0.717) is 16.7 Å². The van der Waals surface area contributed by atoms with Crippen molar-refractivity contribution in [3.63, 3.8) is 0 Å². The summed E-state index contributed by atoms with van der Waals surface area (Å²) < 4.78 is 5.54. The number of likely N-dealkylation sites (N-methyl/N-ethyl adjacent to an activating group) is 1. The minimum absolute atomic E-state index is 0.262. The van der Waals surface area contributed by atoms with Crippen LogP contribution in [0.4, 0.5) is 0 Å². The summed E-state index contributed by atoms with van der Waals surface area (Å²) in [5.74, 6) is 0. The first-order chi connectivity index (χ1) is 8.19. The average Bonchev–Trinajstić information content (AvgIpc) is 2.33. The zero-order valence-corrected chi connectivity index (χ0v) is 11.8. The van der Waals surface area contributed by atoms with E-state index in [9.17, 15) is 0 Å². The van der Waals surface area contributed by atoms with Crippen molar-refractivity contribution in [3.05, 3.63) is 33.8 Å². The molecule has 0 aliphatic carbocycles. The van der Waals surface area contributed by atoms with Crippen LogP contribution in [0.15, 0.2) is 18.2 Å². The van der Waals surface area contributed by atoms with Gasteiger partial charge in [0, 0.05) is 12.6 Å². The molecule has 1 atom stereocenters. The molecule has 1 N–H and O–H groups in total. The molecule has 4 heteroatoms. The topological polar surface area (TPSA) is 21.3 Å². The van der Waals surface area contributed by atoms with Gasteiger partial charge in [0.25, 0.3) is 0 Å². The minimum atomic E-state index is 0.262. The number of halogens is 2. The van der Waals surface area contributed by atoms with Gasteiger partial charge in [-0.3, -0.25) is 0 Å². The summed E-state index contributed by atoms with van der Waals surface area (Å²) in [4.78, 5) is 0. The molecule has 1 rings (SSSR count). The van der Waals surface area contributed by atoms with Crippen LogP contribution in [0, 0.1) is 0 Å². The number of hydrogen-bond acceptors (Lipinski definition) is 2. The highest BCUT2D eigenvalue weighted by atomic mass is 35.5. The predicted octanol–water partition coefficient (Wildman–Crippen LogP) is 3.55. The van der Waals surface area contributed by atoms with E-state index in [2.05, 4.69) is 12.2 Å². The molecule has 0 fully saturated rings. The molecule has 0 aliphatic rings. The zero-order chi connectivity index (χ0) is 12.7. The Bertz CT molecular complexity index is 344. The third-order valence-corrected chi connectivity index (χ3v) is 3.43. The molecule has 0 bridgehead atoms. The first-order valence-corrected chi connectivity index (χ1v) is 6.62. The maximum atomic E-state index is 6.16. The lowest BCUT2D eigenvalue weighted by atomic mass is 10.1. The summed E-state index contributed by atoms with van der Waals surface area (Å²) >= 11 is 12.1. The van der Waals surface area contributed by atoms with Gasteiger partial charge in [-0.1, -0.05) is 42.3 Å². The molecule has 0 amide bonds. The van der Waals surface area contributed by atoms with Gasteiger partial charge in [0.05, 0.1) is 16.7 Å². The highest BCUT2D eigenvalue weighted by molar-refractivity contribution is 6.42. The van der Waals surface area contributed by atoms with Crippen molar-refractivity contribution in [3.8, 4) is 0 Å². The van der Waals surface area contributed by atoms with Gasteiger partial charge in [0.15, 0.2) is 0 Å². The quantitative estimate of drug-likeness (QED) is 0.769. The molecule has 0 saturated carbocycles. The van der Waals surface area contributed by atoms with Gasteiger partial charge in [0.2, 0.25) is 0 Å². The summed E-state index contributed by atoms with van der Waals surface area (Å²) in [6, 6.07) is 5.98. The Hall–Kier alpha value is -0.280. The molecule has 0 spiro atoms. The molecule has 0 radical (unpaired) electrons. The van der Waals surface area contributed by atoms with Gasteiger partial charge >= 0.3 is 0 Å². The second-order valence-corrected chi connectivity index (χ2v) is 4.76. The molecule has 0 aliphatic heterocycles. The zero-order valence-electron chi connectivity index (χ0n) is 10.3. The third kappa shape index (κ3) is 4.84. The Morgan fingerprint density at radius 2 is 2.12 bits per heavy atom. The van der Waals surface area contributed by atoms with Crippen LogP contribution >= 0.6 is 23.2 Å². The van der Waals surface area contributed by atoms with E-state index in [1.54, 1.807) is 6.07 Å².